The molecule has 1 aromatic carbocycles. The molecule has 4 nitrogen and oxygen atoms in total. The van der Waals surface area contributed by atoms with Gasteiger partial charge in [-0.2, -0.15) is 0 Å². The van der Waals surface area contributed by atoms with Gasteiger partial charge >= 0.3 is 5.97 Å². The molecule has 2 aromatic rings. The summed E-state index contributed by atoms with van der Waals surface area (Å²) in [5.41, 5.74) is 7.36. The van der Waals surface area contributed by atoms with Crippen molar-refractivity contribution in [3.05, 3.63) is 45.9 Å². The molecule has 0 saturated carbocycles. The van der Waals surface area contributed by atoms with Gasteiger partial charge in [-0.3, -0.25) is 0 Å². The Balaban J connectivity index is 2.14. The minimum atomic E-state index is -0.930. The van der Waals surface area contributed by atoms with Crippen LogP contribution in [0.4, 0.5) is 5.69 Å². The van der Waals surface area contributed by atoms with Crippen LogP contribution in [0.1, 0.15) is 20.2 Å². The zero-order valence-corrected chi connectivity index (χ0v) is 9.20. The highest BCUT2D eigenvalue weighted by molar-refractivity contribution is 7.13. The number of nitrogens with zero attached hydrogens (tertiary/aromatic N) is 1. The van der Waals surface area contributed by atoms with Gasteiger partial charge < -0.3 is 10.8 Å². The van der Waals surface area contributed by atoms with Gasteiger partial charge in [0.25, 0.3) is 0 Å². The Labute approximate surface area is 96.4 Å². The smallest absolute Gasteiger partial charge is 0.347 e. The molecule has 0 amide bonds. The minimum absolute atomic E-state index is 0.269. The Morgan fingerprint density at radius 1 is 1.38 bits per heavy atom. The van der Waals surface area contributed by atoms with Crippen LogP contribution < -0.4 is 5.73 Å². The molecule has 0 radical (unpaired) electrons. The van der Waals surface area contributed by atoms with Crippen LogP contribution in [0.5, 0.6) is 0 Å². The van der Waals surface area contributed by atoms with Crippen LogP contribution in [0.3, 0.4) is 0 Å². The molecule has 0 bridgehead atoms. The molecule has 82 valence electrons. The van der Waals surface area contributed by atoms with Crippen LogP contribution in [0.2, 0.25) is 0 Å². The first-order chi connectivity index (χ1) is 7.65. The molecule has 16 heavy (non-hydrogen) atoms. The number of carboxylic acid groups (broad SMARTS) is 1. The molecule has 0 aliphatic heterocycles. The van der Waals surface area contributed by atoms with E-state index in [-0.39, 0.29) is 4.88 Å². The SMILES string of the molecule is Nc1ccc(Cc2ncc(C(=O)O)s2)cc1. The van der Waals surface area contributed by atoms with E-state index in [0.29, 0.717) is 12.1 Å². The number of nitrogen functional groups attached to an aromatic ring is 1. The summed E-state index contributed by atoms with van der Waals surface area (Å²) in [6.07, 6.45) is 2.03. The van der Waals surface area contributed by atoms with E-state index in [2.05, 4.69) is 4.98 Å². The van der Waals surface area contributed by atoms with Crippen molar-refractivity contribution in [1.29, 1.82) is 0 Å². The summed E-state index contributed by atoms with van der Waals surface area (Å²) >= 11 is 1.20. The van der Waals surface area contributed by atoms with E-state index in [4.69, 9.17) is 10.8 Å². The average molecular weight is 234 g/mol. The molecule has 0 aliphatic carbocycles. The first-order valence-electron chi connectivity index (χ1n) is 4.67. The average Bonchev–Trinajstić information content (AvgIpc) is 2.70. The Hall–Kier alpha value is -1.88. The second kappa shape index (κ2) is 4.32. The lowest BCUT2D eigenvalue weighted by molar-refractivity contribution is 0.0702. The summed E-state index contributed by atoms with van der Waals surface area (Å²) in [5.74, 6) is -0.930. The zero-order chi connectivity index (χ0) is 11.5. The van der Waals surface area contributed by atoms with E-state index in [1.54, 1.807) is 0 Å². The van der Waals surface area contributed by atoms with Crippen molar-refractivity contribution >= 4 is 23.0 Å². The fraction of sp³-hybridized carbons (Fsp3) is 0.0909. The van der Waals surface area contributed by atoms with E-state index in [1.165, 1.54) is 17.5 Å². The number of thiazole rings is 1. The lowest BCUT2D eigenvalue weighted by Crippen LogP contribution is -1.90. The Kier molecular flexibility index (Phi) is 2.87. The molecular weight excluding hydrogens is 224 g/mol. The standard InChI is InChI=1S/C11H10N2O2S/c12-8-3-1-7(2-4-8)5-10-13-6-9(16-10)11(14)15/h1-4,6H,5,12H2,(H,14,15). The summed E-state index contributed by atoms with van der Waals surface area (Å²) in [6.45, 7) is 0. The third kappa shape index (κ3) is 2.38. The summed E-state index contributed by atoms with van der Waals surface area (Å²) in [7, 11) is 0. The molecule has 5 heteroatoms. The predicted octanol–water partition coefficient (Wildman–Crippen LogP) is 2.01. The second-order valence-electron chi connectivity index (χ2n) is 3.34. The maximum Gasteiger partial charge on any atom is 0.347 e. The van der Waals surface area contributed by atoms with Gasteiger partial charge in [0.1, 0.15) is 4.88 Å². The number of benzene rings is 1. The Bertz CT molecular complexity index is 505. The molecule has 0 fully saturated rings. The van der Waals surface area contributed by atoms with E-state index in [9.17, 15) is 4.79 Å². The molecule has 2 rings (SSSR count). The number of carbonyl (C=O) groups is 1. The maximum absolute atomic E-state index is 10.7. The molecule has 0 atom stereocenters. The fourth-order valence-corrected chi connectivity index (χ4v) is 2.09. The maximum atomic E-state index is 10.7. The minimum Gasteiger partial charge on any atom is -0.477 e. The summed E-state index contributed by atoms with van der Waals surface area (Å²) < 4.78 is 0. The van der Waals surface area contributed by atoms with Crippen LogP contribution in [-0.4, -0.2) is 16.1 Å². The van der Waals surface area contributed by atoms with Gasteiger partial charge in [-0.05, 0) is 17.7 Å². The predicted molar refractivity (Wildman–Crippen MR) is 62.7 cm³/mol. The third-order valence-electron chi connectivity index (χ3n) is 2.10. The number of aromatic nitrogens is 1. The number of hydrogen-bond acceptors (Lipinski definition) is 4. The van der Waals surface area contributed by atoms with Crippen molar-refractivity contribution in [1.82, 2.24) is 4.98 Å². The summed E-state index contributed by atoms with van der Waals surface area (Å²) in [5, 5.41) is 9.55. The number of rotatable bonds is 3. The molecule has 3 N–H and O–H groups in total. The van der Waals surface area contributed by atoms with Crippen LogP contribution >= 0.6 is 11.3 Å². The number of hydrogen-bond donors (Lipinski definition) is 2. The van der Waals surface area contributed by atoms with E-state index in [0.717, 1.165) is 10.6 Å². The van der Waals surface area contributed by atoms with E-state index in [1.807, 2.05) is 24.3 Å². The van der Waals surface area contributed by atoms with Gasteiger partial charge in [-0.15, -0.1) is 11.3 Å². The van der Waals surface area contributed by atoms with Gasteiger partial charge in [-0.1, -0.05) is 12.1 Å². The Morgan fingerprint density at radius 2 is 2.06 bits per heavy atom. The number of nitrogens with two attached hydrogens (primary N) is 1. The van der Waals surface area contributed by atoms with Crippen molar-refractivity contribution in [3.8, 4) is 0 Å². The Morgan fingerprint density at radius 3 is 2.62 bits per heavy atom. The van der Waals surface area contributed by atoms with Gasteiger partial charge in [0.05, 0.1) is 11.2 Å². The molecule has 0 aliphatic rings. The van der Waals surface area contributed by atoms with Crippen molar-refractivity contribution < 1.29 is 9.90 Å². The fourth-order valence-electron chi connectivity index (χ4n) is 1.30. The van der Waals surface area contributed by atoms with Crippen LogP contribution in [-0.2, 0) is 6.42 Å². The van der Waals surface area contributed by atoms with Crippen LogP contribution in [0.15, 0.2) is 30.5 Å². The highest BCUT2D eigenvalue weighted by Crippen LogP contribution is 2.17. The topological polar surface area (TPSA) is 76.2 Å². The van der Waals surface area contributed by atoms with Gasteiger partial charge in [0.2, 0.25) is 0 Å². The number of carboxylic acids is 1. The molecule has 0 spiro atoms. The van der Waals surface area contributed by atoms with E-state index >= 15 is 0 Å². The second-order valence-corrected chi connectivity index (χ2v) is 4.46. The van der Waals surface area contributed by atoms with Crippen molar-refractivity contribution in [2.45, 2.75) is 6.42 Å². The van der Waals surface area contributed by atoms with Crippen molar-refractivity contribution in [2.24, 2.45) is 0 Å². The lowest BCUT2D eigenvalue weighted by Gasteiger charge is -1.98. The van der Waals surface area contributed by atoms with Crippen molar-refractivity contribution in [2.75, 3.05) is 5.73 Å². The normalized spacial score (nSPS) is 10.2. The molecule has 0 saturated heterocycles. The van der Waals surface area contributed by atoms with Gasteiger partial charge in [0.15, 0.2) is 0 Å². The molecule has 1 heterocycles. The molecule has 0 unspecified atom stereocenters. The first-order valence-corrected chi connectivity index (χ1v) is 5.49. The summed E-state index contributed by atoms with van der Waals surface area (Å²) in [6, 6.07) is 7.47. The van der Waals surface area contributed by atoms with Gasteiger partial charge in [-0.25, -0.2) is 9.78 Å². The highest BCUT2D eigenvalue weighted by atomic mass is 32.1. The summed E-state index contributed by atoms with van der Waals surface area (Å²) in [4.78, 5) is 15.0. The third-order valence-corrected chi connectivity index (χ3v) is 3.08. The molecule has 1 aromatic heterocycles. The van der Waals surface area contributed by atoms with Crippen LogP contribution in [0.25, 0.3) is 0 Å². The van der Waals surface area contributed by atoms with Crippen LogP contribution in [0, 0.1) is 0 Å². The van der Waals surface area contributed by atoms with Crippen molar-refractivity contribution in [3.63, 3.8) is 0 Å². The quantitative estimate of drug-likeness (QED) is 0.796. The lowest BCUT2D eigenvalue weighted by atomic mass is 10.1. The first kappa shape index (κ1) is 10.6. The number of aromatic carboxylic acids is 1. The number of anilines is 1. The molecular formula is C11H10N2O2S. The van der Waals surface area contributed by atoms with Gasteiger partial charge in [0, 0.05) is 12.1 Å². The highest BCUT2D eigenvalue weighted by Gasteiger charge is 2.08. The zero-order valence-electron chi connectivity index (χ0n) is 8.38. The monoisotopic (exact) mass is 234 g/mol. The largest absolute Gasteiger partial charge is 0.477 e. The van der Waals surface area contributed by atoms with E-state index < -0.39 is 5.97 Å².